The molecule has 0 unspecified atom stereocenters. The zero-order valence-corrected chi connectivity index (χ0v) is 10.8. The molecule has 0 fully saturated rings. The molecule has 18 heavy (non-hydrogen) atoms. The summed E-state index contributed by atoms with van der Waals surface area (Å²) in [6.45, 7) is 3.75. The van der Waals surface area contributed by atoms with Gasteiger partial charge in [0.15, 0.2) is 0 Å². The van der Waals surface area contributed by atoms with Crippen molar-refractivity contribution < 1.29 is 19.1 Å². The van der Waals surface area contributed by atoms with Crippen LogP contribution in [-0.4, -0.2) is 56.4 Å². The fourth-order valence-electron chi connectivity index (χ4n) is 1.51. The van der Waals surface area contributed by atoms with E-state index in [0.29, 0.717) is 18.7 Å². The first-order chi connectivity index (χ1) is 8.65. The Morgan fingerprint density at radius 1 is 1.56 bits per heavy atom. The molecular weight excluding hydrogens is 236 g/mol. The van der Waals surface area contributed by atoms with Gasteiger partial charge in [-0.1, -0.05) is 0 Å². The first-order valence-corrected chi connectivity index (χ1v) is 5.83. The zero-order valence-electron chi connectivity index (χ0n) is 10.8. The highest BCUT2D eigenvalue weighted by Crippen LogP contribution is 2.09. The summed E-state index contributed by atoms with van der Waals surface area (Å²) in [4.78, 5) is 12.9. The SMILES string of the molecule is COCCN(C)CCNCc1ccoc1C(=O)O. The van der Waals surface area contributed by atoms with E-state index in [0.717, 1.165) is 19.6 Å². The van der Waals surface area contributed by atoms with Crippen LogP contribution in [0, 0.1) is 0 Å². The number of furan rings is 1. The number of ether oxygens (including phenoxy) is 1. The second kappa shape index (κ2) is 7.86. The molecule has 0 amide bonds. The van der Waals surface area contributed by atoms with Crippen molar-refractivity contribution in [1.29, 1.82) is 0 Å². The minimum atomic E-state index is -1.03. The van der Waals surface area contributed by atoms with Gasteiger partial charge in [0.2, 0.25) is 5.76 Å². The molecule has 0 spiro atoms. The number of nitrogens with zero attached hydrogens (tertiary/aromatic N) is 1. The van der Waals surface area contributed by atoms with Crippen molar-refractivity contribution in [3.05, 3.63) is 23.7 Å². The van der Waals surface area contributed by atoms with Crippen LogP contribution in [0.1, 0.15) is 16.1 Å². The molecule has 1 heterocycles. The zero-order chi connectivity index (χ0) is 13.4. The molecule has 2 N–H and O–H groups in total. The second-order valence-electron chi connectivity index (χ2n) is 4.05. The van der Waals surface area contributed by atoms with Gasteiger partial charge in [0.1, 0.15) is 0 Å². The van der Waals surface area contributed by atoms with Crippen LogP contribution in [0.15, 0.2) is 16.7 Å². The maximum atomic E-state index is 10.8. The third kappa shape index (κ3) is 4.87. The summed E-state index contributed by atoms with van der Waals surface area (Å²) in [6, 6.07) is 1.67. The van der Waals surface area contributed by atoms with E-state index in [4.69, 9.17) is 14.3 Å². The van der Waals surface area contributed by atoms with Gasteiger partial charge in [0, 0.05) is 38.9 Å². The quantitative estimate of drug-likeness (QED) is 0.632. The number of aromatic carboxylic acids is 1. The third-order valence-electron chi connectivity index (χ3n) is 2.60. The molecule has 0 aliphatic heterocycles. The molecule has 0 aliphatic rings. The first kappa shape index (κ1) is 14.7. The minimum Gasteiger partial charge on any atom is -0.475 e. The lowest BCUT2D eigenvalue weighted by molar-refractivity contribution is 0.0660. The number of hydrogen-bond donors (Lipinski definition) is 2. The van der Waals surface area contributed by atoms with Crippen LogP contribution in [0.25, 0.3) is 0 Å². The fourth-order valence-corrected chi connectivity index (χ4v) is 1.51. The van der Waals surface area contributed by atoms with E-state index in [-0.39, 0.29) is 5.76 Å². The van der Waals surface area contributed by atoms with Gasteiger partial charge in [-0.05, 0) is 13.1 Å². The monoisotopic (exact) mass is 256 g/mol. The molecular formula is C12H20N2O4. The van der Waals surface area contributed by atoms with Crippen molar-refractivity contribution >= 4 is 5.97 Å². The number of carbonyl (C=O) groups is 1. The van der Waals surface area contributed by atoms with Crippen LogP contribution in [0.5, 0.6) is 0 Å². The normalized spacial score (nSPS) is 11.1. The highest BCUT2D eigenvalue weighted by atomic mass is 16.5. The average molecular weight is 256 g/mol. The van der Waals surface area contributed by atoms with Crippen molar-refractivity contribution in [2.45, 2.75) is 6.54 Å². The molecule has 6 heteroatoms. The minimum absolute atomic E-state index is 0.00948. The predicted octanol–water partition coefficient (Wildman–Crippen LogP) is 0.646. The average Bonchev–Trinajstić information content (AvgIpc) is 2.80. The summed E-state index contributed by atoms with van der Waals surface area (Å²) in [5, 5.41) is 12.0. The Morgan fingerprint density at radius 3 is 3.00 bits per heavy atom. The molecule has 0 radical (unpaired) electrons. The molecule has 0 saturated carbocycles. The van der Waals surface area contributed by atoms with Crippen LogP contribution in [0.4, 0.5) is 0 Å². The summed E-state index contributed by atoms with van der Waals surface area (Å²) >= 11 is 0. The number of nitrogens with one attached hydrogen (secondary N) is 1. The van der Waals surface area contributed by atoms with Crippen LogP contribution in [-0.2, 0) is 11.3 Å². The van der Waals surface area contributed by atoms with Gasteiger partial charge in [-0.15, -0.1) is 0 Å². The summed E-state index contributed by atoms with van der Waals surface area (Å²) in [5.41, 5.74) is 0.669. The number of hydrogen-bond acceptors (Lipinski definition) is 5. The molecule has 0 aromatic carbocycles. The molecule has 0 bridgehead atoms. The molecule has 0 aliphatic carbocycles. The van der Waals surface area contributed by atoms with E-state index in [2.05, 4.69) is 10.2 Å². The molecule has 1 aromatic heterocycles. The Balaban J connectivity index is 2.21. The number of rotatable bonds is 9. The summed E-state index contributed by atoms with van der Waals surface area (Å²) in [6.07, 6.45) is 1.39. The van der Waals surface area contributed by atoms with Crippen molar-refractivity contribution in [2.75, 3.05) is 40.4 Å². The van der Waals surface area contributed by atoms with Crippen LogP contribution in [0.2, 0.25) is 0 Å². The number of carboxylic acids is 1. The first-order valence-electron chi connectivity index (χ1n) is 5.83. The van der Waals surface area contributed by atoms with Gasteiger partial charge < -0.3 is 24.5 Å². The highest BCUT2D eigenvalue weighted by molar-refractivity contribution is 5.86. The van der Waals surface area contributed by atoms with Crippen molar-refractivity contribution in [1.82, 2.24) is 10.2 Å². The Bertz CT molecular complexity index is 365. The molecule has 6 nitrogen and oxygen atoms in total. The number of likely N-dealkylation sites (N-methyl/N-ethyl adjacent to an activating group) is 1. The molecule has 1 rings (SSSR count). The van der Waals surface area contributed by atoms with Gasteiger partial charge in [0.05, 0.1) is 12.9 Å². The molecule has 0 saturated heterocycles. The predicted molar refractivity (Wildman–Crippen MR) is 66.7 cm³/mol. The van der Waals surface area contributed by atoms with E-state index in [1.54, 1.807) is 13.2 Å². The Hall–Kier alpha value is -1.37. The fraction of sp³-hybridized carbons (Fsp3) is 0.583. The highest BCUT2D eigenvalue weighted by Gasteiger charge is 2.12. The lowest BCUT2D eigenvalue weighted by Gasteiger charge is -2.16. The van der Waals surface area contributed by atoms with E-state index in [1.165, 1.54) is 6.26 Å². The molecule has 1 aromatic rings. The largest absolute Gasteiger partial charge is 0.475 e. The summed E-state index contributed by atoms with van der Waals surface area (Å²) in [7, 11) is 3.69. The topological polar surface area (TPSA) is 74.9 Å². The lowest BCUT2D eigenvalue weighted by atomic mass is 10.2. The molecule has 0 atom stereocenters. The van der Waals surface area contributed by atoms with Gasteiger partial charge in [0.25, 0.3) is 0 Å². The van der Waals surface area contributed by atoms with E-state index < -0.39 is 5.97 Å². The van der Waals surface area contributed by atoms with Gasteiger partial charge in [-0.25, -0.2) is 4.79 Å². The second-order valence-corrected chi connectivity index (χ2v) is 4.05. The van der Waals surface area contributed by atoms with Crippen LogP contribution in [0.3, 0.4) is 0 Å². The van der Waals surface area contributed by atoms with Crippen molar-refractivity contribution in [3.63, 3.8) is 0 Å². The van der Waals surface area contributed by atoms with E-state index >= 15 is 0 Å². The standard InChI is InChI=1S/C12H20N2O4/c1-14(6-8-17-2)5-4-13-9-10-3-7-18-11(10)12(15)16/h3,7,13H,4-6,8-9H2,1-2H3,(H,15,16). The van der Waals surface area contributed by atoms with E-state index in [1.807, 2.05) is 7.05 Å². The summed E-state index contributed by atoms with van der Waals surface area (Å²) < 4.78 is 9.87. The Kier molecular flexibility index (Phi) is 6.42. The van der Waals surface area contributed by atoms with Gasteiger partial charge >= 0.3 is 5.97 Å². The van der Waals surface area contributed by atoms with Gasteiger partial charge in [-0.3, -0.25) is 0 Å². The maximum Gasteiger partial charge on any atom is 0.372 e. The maximum absolute atomic E-state index is 10.8. The number of carboxylic acid groups (broad SMARTS) is 1. The molecule has 102 valence electrons. The van der Waals surface area contributed by atoms with Gasteiger partial charge in [-0.2, -0.15) is 0 Å². The number of methoxy groups -OCH3 is 1. The van der Waals surface area contributed by atoms with Crippen LogP contribution < -0.4 is 5.32 Å². The van der Waals surface area contributed by atoms with Crippen LogP contribution >= 0.6 is 0 Å². The Morgan fingerprint density at radius 2 is 2.33 bits per heavy atom. The Labute approximate surface area is 107 Å². The van der Waals surface area contributed by atoms with Crippen molar-refractivity contribution in [2.24, 2.45) is 0 Å². The lowest BCUT2D eigenvalue weighted by Crippen LogP contribution is -2.31. The smallest absolute Gasteiger partial charge is 0.372 e. The van der Waals surface area contributed by atoms with Crippen molar-refractivity contribution in [3.8, 4) is 0 Å². The van der Waals surface area contributed by atoms with E-state index in [9.17, 15) is 4.79 Å². The summed E-state index contributed by atoms with van der Waals surface area (Å²) in [5.74, 6) is -1.02. The third-order valence-corrected chi connectivity index (χ3v) is 2.60.